The molecule has 0 saturated carbocycles. The zero-order valence-electron chi connectivity index (χ0n) is 15.5. The fraction of sp³-hybridized carbons (Fsp3) is 0.421. The van der Waals surface area contributed by atoms with Gasteiger partial charge >= 0.3 is 0 Å². The lowest BCUT2D eigenvalue weighted by atomic mass is 10.0. The van der Waals surface area contributed by atoms with Crippen LogP contribution in [-0.2, 0) is 9.47 Å². The molecule has 1 fully saturated rings. The molecule has 0 bridgehead atoms. The summed E-state index contributed by atoms with van der Waals surface area (Å²) in [6, 6.07) is 7.11. The lowest BCUT2D eigenvalue weighted by molar-refractivity contribution is 0.110. The number of anilines is 2. The molecule has 1 aromatic heterocycles. The van der Waals surface area contributed by atoms with Crippen LogP contribution in [0.25, 0.3) is 0 Å². The molecule has 2 heterocycles. The number of nitrogens with two attached hydrogens (primary N) is 1. The smallest absolute Gasteiger partial charge is 0.132 e. The zero-order valence-corrected chi connectivity index (χ0v) is 15.5. The van der Waals surface area contributed by atoms with Crippen molar-refractivity contribution in [3.05, 3.63) is 41.9 Å². The Labute approximate surface area is 158 Å². The van der Waals surface area contributed by atoms with E-state index in [0.29, 0.717) is 55.7 Å². The van der Waals surface area contributed by atoms with Crippen LogP contribution in [0.5, 0.6) is 5.75 Å². The number of hydrogen-bond acceptors (Lipinski definition) is 8. The minimum Gasteiger partial charge on any atom is -0.491 e. The highest BCUT2D eigenvalue weighted by molar-refractivity contribution is 6.13. The third-order valence-electron chi connectivity index (χ3n) is 4.24. The Kier molecular flexibility index (Phi) is 6.56. The van der Waals surface area contributed by atoms with Gasteiger partial charge in [0.1, 0.15) is 24.5 Å². The third-order valence-corrected chi connectivity index (χ3v) is 4.24. The summed E-state index contributed by atoms with van der Waals surface area (Å²) in [5.74, 6) is 1.43. The predicted molar refractivity (Wildman–Crippen MR) is 104 cm³/mol. The van der Waals surface area contributed by atoms with Crippen molar-refractivity contribution in [2.45, 2.75) is 6.92 Å². The first-order valence-electron chi connectivity index (χ1n) is 9.03. The molecule has 27 heavy (non-hydrogen) atoms. The van der Waals surface area contributed by atoms with Crippen molar-refractivity contribution < 1.29 is 14.2 Å². The van der Waals surface area contributed by atoms with E-state index in [1.807, 2.05) is 13.0 Å². The molecule has 0 unspecified atom stereocenters. The van der Waals surface area contributed by atoms with Gasteiger partial charge in [-0.2, -0.15) is 0 Å². The first-order valence-corrected chi connectivity index (χ1v) is 9.03. The maximum Gasteiger partial charge on any atom is 0.132 e. The van der Waals surface area contributed by atoms with Crippen LogP contribution in [0.1, 0.15) is 18.2 Å². The minimum absolute atomic E-state index is 0.236. The molecule has 0 spiro atoms. The topological polar surface area (TPSA) is 107 Å². The fourth-order valence-electron chi connectivity index (χ4n) is 2.79. The monoisotopic (exact) mass is 371 g/mol. The maximum absolute atomic E-state index is 8.57. The van der Waals surface area contributed by atoms with Gasteiger partial charge in [-0.05, 0) is 25.1 Å². The summed E-state index contributed by atoms with van der Waals surface area (Å²) < 4.78 is 16.3. The molecule has 1 saturated heterocycles. The number of nitrogens with one attached hydrogen (secondary N) is 1. The lowest BCUT2D eigenvalue weighted by Crippen LogP contribution is -2.36. The number of benzene rings is 1. The van der Waals surface area contributed by atoms with Crippen molar-refractivity contribution in [2.24, 2.45) is 0 Å². The van der Waals surface area contributed by atoms with E-state index in [0.717, 1.165) is 18.9 Å². The number of nitrogen functional groups attached to an aromatic ring is 1. The van der Waals surface area contributed by atoms with Crippen molar-refractivity contribution in [1.29, 1.82) is 5.41 Å². The number of nitrogens with zero attached hydrogens (tertiary/aromatic N) is 3. The summed E-state index contributed by atoms with van der Waals surface area (Å²) in [5.41, 5.74) is 7.93. The summed E-state index contributed by atoms with van der Waals surface area (Å²) in [5, 5.41) is 8.57. The second-order valence-electron chi connectivity index (χ2n) is 6.03. The van der Waals surface area contributed by atoms with Crippen LogP contribution in [0.2, 0.25) is 0 Å². The van der Waals surface area contributed by atoms with Gasteiger partial charge in [-0.3, -0.25) is 5.41 Å². The second kappa shape index (κ2) is 9.29. The van der Waals surface area contributed by atoms with Crippen LogP contribution in [0.15, 0.2) is 30.6 Å². The summed E-state index contributed by atoms with van der Waals surface area (Å²) in [6.07, 6.45) is 1.48. The Morgan fingerprint density at radius 2 is 2.04 bits per heavy atom. The molecule has 0 aliphatic carbocycles. The van der Waals surface area contributed by atoms with E-state index in [2.05, 4.69) is 14.9 Å². The number of ether oxygens (including phenoxy) is 3. The number of morpholine rings is 1. The highest BCUT2D eigenvalue weighted by Gasteiger charge is 2.16. The molecular formula is C19H25N5O3. The van der Waals surface area contributed by atoms with Crippen molar-refractivity contribution >= 4 is 17.2 Å². The van der Waals surface area contributed by atoms with Gasteiger partial charge < -0.3 is 24.8 Å². The second-order valence-corrected chi connectivity index (χ2v) is 6.03. The Bertz CT molecular complexity index is 778. The van der Waals surface area contributed by atoms with Gasteiger partial charge in [0.05, 0.1) is 31.2 Å². The average Bonchev–Trinajstić information content (AvgIpc) is 2.72. The highest BCUT2D eigenvalue weighted by Crippen LogP contribution is 2.23. The van der Waals surface area contributed by atoms with Crippen LogP contribution in [0.4, 0.5) is 11.5 Å². The zero-order chi connectivity index (χ0) is 19.1. The van der Waals surface area contributed by atoms with E-state index >= 15 is 0 Å². The quantitative estimate of drug-likeness (QED) is 0.413. The highest BCUT2D eigenvalue weighted by atomic mass is 16.5. The third kappa shape index (κ3) is 4.93. The average molecular weight is 371 g/mol. The minimum atomic E-state index is 0.236. The number of hydrogen-bond donors (Lipinski definition) is 2. The van der Waals surface area contributed by atoms with Crippen molar-refractivity contribution in [3.8, 4) is 5.75 Å². The van der Waals surface area contributed by atoms with Gasteiger partial charge in [0.15, 0.2) is 0 Å². The maximum atomic E-state index is 8.57. The molecule has 1 aliphatic rings. The summed E-state index contributed by atoms with van der Waals surface area (Å²) in [6.45, 7) is 6.44. The van der Waals surface area contributed by atoms with Gasteiger partial charge in [0.25, 0.3) is 0 Å². The Balaban J connectivity index is 1.76. The predicted octanol–water partition coefficient (Wildman–Crippen LogP) is 1.73. The molecule has 0 atom stereocenters. The molecule has 0 amide bonds. The fourth-order valence-corrected chi connectivity index (χ4v) is 2.79. The van der Waals surface area contributed by atoms with Crippen LogP contribution >= 0.6 is 0 Å². The van der Waals surface area contributed by atoms with E-state index in [1.54, 1.807) is 18.2 Å². The van der Waals surface area contributed by atoms with E-state index < -0.39 is 0 Å². The molecule has 3 rings (SSSR count). The molecule has 1 aromatic carbocycles. The summed E-state index contributed by atoms with van der Waals surface area (Å²) in [7, 11) is 0. The first-order chi connectivity index (χ1) is 13.2. The van der Waals surface area contributed by atoms with Gasteiger partial charge in [0, 0.05) is 37.0 Å². The van der Waals surface area contributed by atoms with Crippen molar-refractivity contribution in [2.75, 3.05) is 56.8 Å². The molecule has 144 valence electrons. The van der Waals surface area contributed by atoms with E-state index in [9.17, 15) is 0 Å². The molecule has 1 aliphatic heterocycles. The van der Waals surface area contributed by atoms with Gasteiger partial charge in [-0.1, -0.05) is 0 Å². The van der Waals surface area contributed by atoms with E-state index in [1.165, 1.54) is 6.33 Å². The van der Waals surface area contributed by atoms with E-state index in [4.69, 9.17) is 25.4 Å². The molecule has 8 nitrogen and oxygen atoms in total. The molecule has 0 radical (unpaired) electrons. The Morgan fingerprint density at radius 1 is 1.22 bits per heavy atom. The summed E-state index contributed by atoms with van der Waals surface area (Å²) in [4.78, 5) is 10.7. The van der Waals surface area contributed by atoms with Crippen LogP contribution in [-0.4, -0.2) is 61.8 Å². The van der Waals surface area contributed by atoms with E-state index in [-0.39, 0.29) is 5.71 Å². The normalized spacial score (nSPS) is 14.2. The molecular weight excluding hydrogens is 346 g/mol. The van der Waals surface area contributed by atoms with Crippen LogP contribution < -0.4 is 15.4 Å². The van der Waals surface area contributed by atoms with Crippen molar-refractivity contribution in [1.82, 2.24) is 9.97 Å². The molecule has 3 N–H and O–H groups in total. The molecule has 8 heteroatoms. The SMILES string of the molecule is CCOCCOc1ccc(N)c(C(=N)c2cc(N3CCOCC3)ncn2)c1. The van der Waals surface area contributed by atoms with Gasteiger partial charge in [-0.25, -0.2) is 9.97 Å². The number of rotatable bonds is 8. The van der Waals surface area contributed by atoms with Crippen LogP contribution in [0.3, 0.4) is 0 Å². The molecule has 2 aromatic rings. The Morgan fingerprint density at radius 3 is 2.81 bits per heavy atom. The standard InChI is InChI=1S/C19H25N5O3/c1-2-25-9-10-27-14-3-4-16(20)15(11-14)19(21)17-12-18(23-13-22-17)24-5-7-26-8-6-24/h3-4,11-13,21H,2,5-10,20H2,1H3. The first kappa shape index (κ1) is 19.1. The van der Waals surface area contributed by atoms with Crippen molar-refractivity contribution in [3.63, 3.8) is 0 Å². The lowest BCUT2D eigenvalue weighted by Gasteiger charge is -2.27. The van der Waals surface area contributed by atoms with Crippen LogP contribution in [0, 0.1) is 5.41 Å². The number of aromatic nitrogens is 2. The van der Waals surface area contributed by atoms with Gasteiger partial charge in [0.2, 0.25) is 0 Å². The summed E-state index contributed by atoms with van der Waals surface area (Å²) >= 11 is 0. The largest absolute Gasteiger partial charge is 0.491 e. The van der Waals surface area contributed by atoms with Gasteiger partial charge in [-0.15, -0.1) is 0 Å². The Hall–Kier alpha value is -2.71.